The molecule has 18 heavy (non-hydrogen) atoms. The number of furan rings is 1. The van der Waals surface area contributed by atoms with E-state index < -0.39 is 11.8 Å². The summed E-state index contributed by atoms with van der Waals surface area (Å²) in [4.78, 5) is 23.3. The molecule has 1 aromatic carbocycles. The van der Waals surface area contributed by atoms with Gasteiger partial charge in [0, 0.05) is 4.47 Å². The van der Waals surface area contributed by atoms with Gasteiger partial charge in [0.2, 0.25) is 0 Å². The van der Waals surface area contributed by atoms with Gasteiger partial charge in [-0.25, -0.2) is 0 Å². The maximum Gasteiger partial charge on any atom is 0.272 e. The molecule has 0 aliphatic carbocycles. The summed E-state index contributed by atoms with van der Waals surface area (Å²) in [5, 5.41) is 0. The van der Waals surface area contributed by atoms with Crippen LogP contribution in [0.25, 0.3) is 0 Å². The number of hydrogen-bond acceptors (Lipinski definition) is 3. The van der Waals surface area contributed by atoms with Crippen molar-refractivity contribution in [1.29, 1.82) is 0 Å². The Morgan fingerprint density at radius 1 is 1.06 bits per heavy atom. The van der Waals surface area contributed by atoms with Crippen LogP contribution in [0, 0.1) is 0 Å². The fraction of sp³-hybridized carbons (Fsp3) is 0. The normalized spacial score (nSPS) is 9.83. The first-order valence-corrected chi connectivity index (χ1v) is 5.85. The number of halogens is 1. The molecule has 0 saturated carbocycles. The highest BCUT2D eigenvalue weighted by atomic mass is 79.9. The molecule has 1 heterocycles. The predicted molar refractivity (Wildman–Crippen MR) is 67.8 cm³/mol. The highest BCUT2D eigenvalue weighted by Gasteiger charge is 2.11. The lowest BCUT2D eigenvalue weighted by Crippen LogP contribution is -2.41. The smallest absolute Gasteiger partial charge is 0.272 e. The molecule has 0 unspecified atom stereocenters. The van der Waals surface area contributed by atoms with Gasteiger partial charge in [0.05, 0.1) is 17.4 Å². The van der Waals surface area contributed by atoms with Gasteiger partial charge in [-0.3, -0.25) is 20.4 Å². The molecule has 5 nitrogen and oxygen atoms in total. The van der Waals surface area contributed by atoms with E-state index in [9.17, 15) is 9.59 Å². The van der Waals surface area contributed by atoms with Gasteiger partial charge in [-0.15, -0.1) is 0 Å². The third kappa shape index (κ3) is 2.78. The number of carbonyl (C=O) groups is 2. The lowest BCUT2D eigenvalue weighted by molar-refractivity contribution is 0.0846. The molecule has 6 heteroatoms. The summed E-state index contributed by atoms with van der Waals surface area (Å²) in [5.74, 6) is -0.844. The van der Waals surface area contributed by atoms with Crippen molar-refractivity contribution < 1.29 is 14.0 Å². The molecule has 92 valence electrons. The standard InChI is InChI=1S/C12H9BrN2O3/c13-10-4-2-1-3-9(10)12(17)15-14-11(16)8-5-6-18-7-8/h1-7H,(H,14,16)(H,15,17). The van der Waals surface area contributed by atoms with Crippen molar-refractivity contribution in [3.63, 3.8) is 0 Å². The number of amides is 2. The SMILES string of the molecule is O=C(NNC(=O)c1ccccc1Br)c1ccoc1. The molecular formula is C12H9BrN2O3. The first-order valence-electron chi connectivity index (χ1n) is 5.06. The molecule has 0 spiro atoms. The molecule has 2 rings (SSSR count). The molecule has 0 fully saturated rings. The van der Waals surface area contributed by atoms with E-state index >= 15 is 0 Å². The van der Waals surface area contributed by atoms with Gasteiger partial charge in [0.1, 0.15) is 6.26 Å². The van der Waals surface area contributed by atoms with Gasteiger partial charge < -0.3 is 4.42 Å². The van der Waals surface area contributed by atoms with E-state index in [1.165, 1.54) is 18.6 Å². The minimum absolute atomic E-state index is 0.336. The average molecular weight is 309 g/mol. The summed E-state index contributed by atoms with van der Waals surface area (Å²) in [5.41, 5.74) is 5.38. The lowest BCUT2D eigenvalue weighted by atomic mass is 10.2. The van der Waals surface area contributed by atoms with Crippen LogP contribution in [0.4, 0.5) is 0 Å². The highest BCUT2D eigenvalue weighted by Crippen LogP contribution is 2.15. The van der Waals surface area contributed by atoms with Crippen LogP contribution in [0.3, 0.4) is 0 Å². The summed E-state index contributed by atoms with van der Waals surface area (Å²) in [6.45, 7) is 0. The van der Waals surface area contributed by atoms with E-state index in [1.54, 1.807) is 24.3 Å². The first-order chi connectivity index (χ1) is 8.68. The zero-order valence-electron chi connectivity index (χ0n) is 9.14. The monoisotopic (exact) mass is 308 g/mol. The van der Waals surface area contributed by atoms with E-state index in [4.69, 9.17) is 4.42 Å². The Morgan fingerprint density at radius 3 is 2.44 bits per heavy atom. The number of rotatable bonds is 2. The maximum absolute atomic E-state index is 11.8. The number of carbonyl (C=O) groups excluding carboxylic acids is 2. The molecule has 2 amide bonds. The lowest BCUT2D eigenvalue weighted by Gasteiger charge is -2.07. The molecule has 0 atom stereocenters. The molecule has 0 aliphatic rings. The van der Waals surface area contributed by atoms with E-state index in [1.807, 2.05) is 0 Å². The molecule has 0 saturated heterocycles. The molecular weight excluding hydrogens is 300 g/mol. The molecule has 2 aromatic rings. The first kappa shape index (κ1) is 12.4. The van der Waals surface area contributed by atoms with Crippen LogP contribution in [0.5, 0.6) is 0 Å². The van der Waals surface area contributed by atoms with Crippen molar-refractivity contribution in [3.05, 3.63) is 58.5 Å². The van der Waals surface area contributed by atoms with Crippen molar-refractivity contribution in [2.45, 2.75) is 0 Å². The topological polar surface area (TPSA) is 71.3 Å². The van der Waals surface area contributed by atoms with Gasteiger partial charge in [-0.2, -0.15) is 0 Å². The van der Waals surface area contributed by atoms with E-state index in [0.717, 1.165) is 0 Å². The number of nitrogens with one attached hydrogen (secondary N) is 2. The number of hydrazine groups is 1. The Bertz CT molecular complexity index is 566. The Balaban J connectivity index is 1.97. The van der Waals surface area contributed by atoms with Crippen LogP contribution in [0.2, 0.25) is 0 Å². The van der Waals surface area contributed by atoms with Gasteiger partial charge in [0.15, 0.2) is 0 Å². The molecule has 0 bridgehead atoms. The van der Waals surface area contributed by atoms with Crippen LogP contribution < -0.4 is 10.9 Å². The van der Waals surface area contributed by atoms with Gasteiger partial charge in [-0.05, 0) is 34.1 Å². The van der Waals surface area contributed by atoms with Crippen molar-refractivity contribution in [2.75, 3.05) is 0 Å². The minimum atomic E-state index is -0.441. The second kappa shape index (κ2) is 5.50. The van der Waals surface area contributed by atoms with Crippen molar-refractivity contribution in [2.24, 2.45) is 0 Å². The third-order valence-corrected chi connectivity index (χ3v) is 2.88. The average Bonchev–Trinajstić information content (AvgIpc) is 2.90. The Morgan fingerprint density at radius 2 is 1.78 bits per heavy atom. The summed E-state index contributed by atoms with van der Waals surface area (Å²) in [7, 11) is 0. The van der Waals surface area contributed by atoms with Crippen LogP contribution in [-0.4, -0.2) is 11.8 Å². The summed E-state index contributed by atoms with van der Waals surface area (Å²) >= 11 is 3.25. The van der Waals surface area contributed by atoms with Gasteiger partial charge >= 0.3 is 0 Å². The van der Waals surface area contributed by atoms with Gasteiger partial charge in [0.25, 0.3) is 11.8 Å². The molecule has 1 aromatic heterocycles. The molecule has 0 aliphatic heterocycles. The quantitative estimate of drug-likeness (QED) is 0.835. The van der Waals surface area contributed by atoms with Crippen molar-refractivity contribution >= 4 is 27.7 Å². The predicted octanol–water partition coefficient (Wildman–Crippen LogP) is 2.12. The Kier molecular flexibility index (Phi) is 3.78. The van der Waals surface area contributed by atoms with Crippen LogP contribution in [0.1, 0.15) is 20.7 Å². The van der Waals surface area contributed by atoms with E-state index in [-0.39, 0.29) is 0 Å². The third-order valence-electron chi connectivity index (χ3n) is 2.19. The zero-order valence-corrected chi connectivity index (χ0v) is 10.7. The fourth-order valence-electron chi connectivity index (χ4n) is 1.29. The highest BCUT2D eigenvalue weighted by molar-refractivity contribution is 9.10. The second-order valence-corrected chi connectivity index (χ2v) is 4.25. The minimum Gasteiger partial charge on any atom is -0.472 e. The number of benzene rings is 1. The zero-order chi connectivity index (χ0) is 13.0. The van der Waals surface area contributed by atoms with Crippen LogP contribution in [-0.2, 0) is 0 Å². The number of hydrogen-bond donors (Lipinski definition) is 2. The summed E-state index contributed by atoms with van der Waals surface area (Å²) in [6.07, 6.45) is 2.67. The van der Waals surface area contributed by atoms with E-state index in [2.05, 4.69) is 26.8 Å². The second-order valence-electron chi connectivity index (χ2n) is 3.40. The maximum atomic E-state index is 11.8. The molecule has 0 radical (unpaired) electrons. The fourth-order valence-corrected chi connectivity index (χ4v) is 1.76. The summed E-state index contributed by atoms with van der Waals surface area (Å²) < 4.78 is 5.42. The van der Waals surface area contributed by atoms with Crippen LogP contribution in [0.15, 0.2) is 51.7 Å². The summed E-state index contributed by atoms with van der Waals surface area (Å²) in [6, 6.07) is 8.42. The molecule has 2 N–H and O–H groups in total. The van der Waals surface area contributed by atoms with Crippen molar-refractivity contribution in [3.8, 4) is 0 Å². The van der Waals surface area contributed by atoms with Gasteiger partial charge in [-0.1, -0.05) is 12.1 Å². The van der Waals surface area contributed by atoms with E-state index in [0.29, 0.717) is 15.6 Å². The van der Waals surface area contributed by atoms with Crippen LogP contribution >= 0.6 is 15.9 Å². The van der Waals surface area contributed by atoms with Crippen molar-refractivity contribution in [1.82, 2.24) is 10.9 Å². The Hall–Kier alpha value is -2.08. The Labute approximate surface area is 111 Å². The largest absolute Gasteiger partial charge is 0.472 e.